The molecule has 0 saturated heterocycles. The minimum absolute atomic E-state index is 0.194. The molecule has 3 aromatic rings. The second-order valence-electron chi connectivity index (χ2n) is 16.7. The highest BCUT2D eigenvalue weighted by atomic mass is 28.5. The van der Waals surface area contributed by atoms with E-state index in [0.717, 1.165) is 44.9 Å². The first-order valence-corrected chi connectivity index (χ1v) is 29.7. The fourth-order valence-electron chi connectivity index (χ4n) is 6.27. The number of nitrogens with zero attached hydrogens (tertiary/aromatic N) is 3. The molecule has 0 aliphatic carbocycles. The Balaban J connectivity index is 1.94. The van der Waals surface area contributed by atoms with E-state index in [1.807, 2.05) is 12.1 Å². The van der Waals surface area contributed by atoms with Crippen LogP contribution in [-0.4, -0.2) is 71.8 Å². The maximum Gasteiger partial charge on any atom is 0.340 e. The second-order valence-corrected chi connectivity index (χ2v) is 29.6. The molecule has 1 aromatic heterocycles. The number of unbranched alkanes of at least 4 members (excludes halogenated alkanes) is 2. The summed E-state index contributed by atoms with van der Waals surface area (Å²) in [6.45, 7) is 25.0. The highest BCUT2D eigenvalue weighted by molar-refractivity contribution is 6.87. The normalized spacial score (nSPS) is 13.1. The van der Waals surface area contributed by atoms with Crippen molar-refractivity contribution in [3.8, 4) is 0 Å². The summed E-state index contributed by atoms with van der Waals surface area (Å²) in [5.74, 6) is 0.418. The summed E-state index contributed by atoms with van der Waals surface area (Å²) in [4.78, 5) is 40.8. The van der Waals surface area contributed by atoms with Crippen molar-refractivity contribution in [3.63, 3.8) is 0 Å². The fraction of sp³-hybridized carbons (Fsp3) is 0.585. The average molecular weight is 825 g/mol. The van der Waals surface area contributed by atoms with Gasteiger partial charge in [-0.15, -0.1) is 0 Å². The zero-order chi connectivity index (χ0) is 41.4. The van der Waals surface area contributed by atoms with Gasteiger partial charge < -0.3 is 33.7 Å². The smallest absolute Gasteiger partial charge is 0.340 e. The van der Waals surface area contributed by atoms with Crippen molar-refractivity contribution in [3.05, 3.63) is 59.7 Å². The van der Waals surface area contributed by atoms with E-state index >= 15 is 0 Å². The predicted octanol–water partition coefficient (Wildman–Crippen LogP) is 10.9. The molecular weight excluding hydrogens is 757 g/mol. The standard InChI is InChI=1S/C41H68N6O6Si3/c1-12-15-21-31(4)29-50-37(48)33-23-17-19-25-35(33)43-40-45-39(42-27-28-56(11,52-54(5,6)7)53-55(8,9)10)46-41(47-40)44-36-26-20-18-24-34(36)38(49)51-30-32(14-3)22-16-13-2/h17-20,23-26,31-32H,12-16,21-22,27-30H2,1-11H3,(H3,42,43,44,45,46,47). The molecule has 56 heavy (non-hydrogen) atoms. The number of para-hydroxylation sites is 2. The van der Waals surface area contributed by atoms with E-state index in [1.54, 1.807) is 36.4 Å². The molecule has 0 radical (unpaired) electrons. The van der Waals surface area contributed by atoms with Gasteiger partial charge in [0.1, 0.15) is 0 Å². The maximum atomic E-state index is 13.4. The summed E-state index contributed by atoms with van der Waals surface area (Å²) in [7, 11) is -6.36. The average Bonchev–Trinajstić information content (AvgIpc) is 3.11. The van der Waals surface area contributed by atoms with Crippen LogP contribution in [0.4, 0.5) is 29.2 Å². The Labute approximate surface area is 339 Å². The van der Waals surface area contributed by atoms with Gasteiger partial charge in [-0.05, 0) is 94.8 Å². The van der Waals surface area contributed by atoms with E-state index < -0.39 is 37.1 Å². The number of carbonyl (C=O) groups is 2. The summed E-state index contributed by atoms with van der Waals surface area (Å²) in [5, 5.41) is 9.87. The van der Waals surface area contributed by atoms with Gasteiger partial charge in [0.05, 0.1) is 35.7 Å². The monoisotopic (exact) mass is 824 g/mol. The van der Waals surface area contributed by atoms with Gasteiger partial charge in [-0.3, -0.25) is 0 Å². The first-order valence-electron chi connectivity index (χ1n) is 20.4. The number of anilines is 5. The van der Waals surface area contributed by atoms with Crippen LogP contribution in [-0.2, 0) is 17.7 Å². The number of benzene rings is 2. The molecule has 0 saturated carbocycles. The highest BCUT2D eigenvalue weighted by Gasteiger charge is 2.40. The van der Waals surface area contributed by atoms with Gasteiger partial charge in [-0.1, -0.05) is 84.1 Å². The Morgan fingerprint density at radius 3 is 1.61 bits per heavy atom. The number of hydrogen-bond donors (Lipinski definition) is 3. The van der Waals surface area contributed by atoms with Crippen molar-refractivity contribution in [2.45, 2.75) is 125 Å². The Morgan fingerprint density at radius 2 is 1.12 bits per heavy atom. The van der Waals surface area contributed by atoms with Crippen LogP contribution in [0.15, 0.2) is 48.5 Å². The third-order valence-corrected chi connectivity index (χ3v) is 18.4. The number of carbonyl (C=O) groups excluding carboxylic acids is 2. The van der Waals surface area contributed by atoms with E-state index in [2.05, 4.69) is 94.5 Å². The van der Waals surface area contributed by atoms with Crippen LogP contribution in [0.1, 0.15) is 93.4 Å². The minimum atomic E-state index is -2.56. The lowest BCUT2D eigenvalue weighted by molar-refractivity contribution is 0.0425. The largest absolute Gasteiger partial charge is 0.462 e. The van der Waals surface area contributed by atoms with E-state index in [4.69, 9.17) is 27.7 Å². The third kappa shape index (κ3) is 16.8. The third-order valence-electron chi connectivity index (χ3n) is 8.87. The molecule has 0 spiro atoms. The molecule has 0 aliphatic heterocycles. The van der Waals surface area contributed by atoms with E-state index in [-0.39, 0.29) is 17.8 Å². The van der Waals surface area contributed by atoms with Gasteiger partial charge in [0, 0.05) is 12.6 Å². The molecular formula is C41H68N6O6Si3. The Kier molecular flexibility index (Phi) is 18.6. The van der Waals surface area contributed by atoms with Crippen molar-refractivity contribution in [2.24, 2.45) is 11.8 Å². The molecule has 0 fully saturated rings. The molecule has 2 aromatic carbocycles. The molecule has 2 unspecified atom stereocenters. The van der Waals surface area contributed by atoms with Gasteiger partial charge in [0.2, 0.25) is 17.8 Å². The van der Waals surface area contributed by atoms with Gasteiger partial charge >= 0.3 is 20.5 Å². The van der Waals surface area contributed by atoms with Crippen LogP contribution < -0.4 is 16.0 Å². The van der Waals surface area contributed by atoms with Gasteiger partial charge in [-0.25, -0.2) is 9.59 Å². The molecule has 310 valence electrons. The summed E-state index contributed by atoms with van der Waals surface area (Å²) in [6, 6.07) is 15.0. The topological polar surface area (TPSA) is 146 Å². The van der Waals surface area contributed by atoms with Gasteiger partial charge in [0.25, 0.3) is 0 Å². The quantitative estimate of drug-likeness (QED) is 0.0552. The number of hydrogen-bond acceptors (Lipinski definition) is 12. The van der Waals surface area contributed by atoms with Crippen molar-refractivity contribution < 1.29 is 27.3 Å². The second kappa shape index (κ2) is 22.3. The number of nitrogens with one attached hydrogen (secondary N) is 3. The van der Waals surface area contributed by atoms with Crippen molar-refractivity contribution in [2.75, 3.05) is 35.7 Å². The van der Waals surface area contributed by atoms with Crippen LogP contribution in [0, 0.1) is 11.8 Å². The van der Waals surface area contributed by atoms with Crippen LogP contribution in [0.2, 0.25) is 51.9 Å². The SMILES string of the molecule is CCCCC(C)COC(=O)c1ccccc1Nc1nc(NCC[Si](C)(O[Si](C)(C)C)O[Si](C)(C)C)nc(Nc2ccccc2C(=O)OCC(CC)CCCC)n1. The van der Waals surface area contributed by atoms with Crippen LogP contribution in [0.5, 0.6) is 0 Å². The summed E-state index contributed by atoms with van der Waals surface area (Å²) >= 11 is 0. The lowest BCUT2D eigenvalue weighted by Gasteiger charge is -2.38. The molecule has 1 heterocycles. The molecule has 15 heteroatoms. The molecule has 3 rings (SSSR count). The lowest BCUT2D eigenvalue weighted by atomic mass is 10.0. The molecule has 12 nitrogen and oxygen atoms in total. The zero-order valence-electron chi connectivity index (χ0n) is 35.8. The first-order chi connectivity index (χ1) is 26.4. The number of esters is 2. The van der Waals surface area contributed by atoms with E-state index in [0.29, 0.717) is 60.2 Å². The van der Waals surface area contributed by atoms with E-state index in [9.17, 15) is 9.59 Å². The van der Waals surface area contributed by atoms with Gasteiger partial charge in [-0.2, -0.15) is 15.0 Å². The Bertz CT molecular complexity index is 1670. The number of rotatable bonds is 25. The zero-order valence-corrected chi connectivity index (χ0v) is 38.8. The van der Waals surface area contributed by atoms with Crippen LogP contribution in [0.3, 0.4) is 0 Å². The predicted molar refractivity (Wildman–Crippen MR) is 236 cm³/mol. The van der Waals surface area contributed by atoms with Crippen molar-refractivity contribution >= 4 is 66.4 Å². The summed E-state index contributed by atoms with van der Waals surface area (Å²) in [6.07, 6.45) is 7.34. The Morgan fingerprint density at radius 1 is 0.661 bits per heavy atom. The Hall–Kier alpha value is -3.64. The van der Waals surface area contributed by atoms with Crippen LogP contribution >= 0.6 is 0 Å². The van der Waals surface area contributed by atoms with Crippen molar-refractivity contribution in [1.29, 1.82) is 0 Å². The minimum Gasteiger partial charge on any atom is -0.462 e. The molecule has 0 amide bonds. The number of aromatic nitrogens is 3. The molecule has 0 aliphatic rings. The molecule has 2 atom stereocenters. The first kappa shape index (κ1) is 46.7. The van der Waals surface area contributed by atoms with Gasteiger partial charge in [0.15, 0.2) is 16.6 Å². The highest BCUT2D eigenvalue weighted by Crippen LogP contribution is 2.27. The molecule has 3 N–H and O–H groups in total. The summed E-state index contributed by atoms with van der Waals surface area (Å²) < 4.78 is 25.0. The van der Waals surface area contributed by atoms with Crippen molar-refractivity contribution in [1.82, 2.24) is 15.0 Å². The molecule has 0 bridgehead atoms. The summed E-state index contributed by atoms with van der Waals surface area (Å²) in [5.41, 5.74) is 1.73. The van der Waals surface area contributed by atoms with E-state index in [1.165, 1.54) is 0 Å². The maximum absolute atomic E-state index is 13.4. The number of ether oxygens (including phenoxy) is 2. The van der Waals surface area contributed by atoms with Crippen LogP contribution in [0.25, 0.3) is 0 Å². The fourth-order valence-corrected chi connectivity index (χ4v) is 18.6. The lowest BCUT2D eigenvalue weighted by Crippen LogP contribution is -2.53.